The molecule has 72 valence electrons. The van der Waals surface area contributed by atoms with Crippen LogP contribution < -0.4 is 0 Å². The van der Waals surface area contributed by atoms with E-state index in [1.165, 1.54) is 18.9 Å². The molecule has 0 aromatic rings. The molecule has 2 radical (unpaired) electrons. The van der Waals surface area contributed by atoms with E-state index in [1.807, 2.05) is 0 Å². The Hall–Kier alpha value is -0.823. The number of allylic oxidation sites excluding steroid dienone is 8. The van der Waals surface area contributed by atoms with Crippen molar-refractivity contribution in [2.24, 2.45) is 0 Å². The molecule has 0 spiro atoms. The molecule has 2 rings (SSSR count). The topological polar surface area (TPSA) is 0 Å². The highest BCUT2D eigenvalue weighted by molar-refractivity contribution is 6.40. The Kier molecular flexibility index (Phi) is 3.20. The number of rotatable bonds is 4. The van der Waals surface area contributed by atoms with Gasteiger partial charge < -0.3 is 0 Å². The lowest BCUT2D eigenvalue weighted by Gasteiger charge is -2.18. The van der Waals surface area contributed by atoms with Crippen LogP contribution in [0.25, 0.3) is 0 Å². The third-order valence-corrected chi connectivity index (χ3v) is 4.31. The molecular weight excluding hydrogens is 184 g/mol. The Morgan fingerprint density at radius 1 is 1.14 bits per heavy atom. The first-order chi connectivity index (χ1) is 6.92. The molecule has 0 saturated carbocycles. The molecule has 0 aromatic carbocycles. The first kappa shape index (κ1) is 9.72. The quantitative estimate of drug-likeness (QED) is 0.607. The monoisotopic (exact) mass is 200 g/mol. The van der Waals surface area contributed by atoms with Gasteiger partial charge >= 0.3 is 0 Å². The smallest absolute Gasteiger partial charge is 0.0523 e. The van der Waals surface area contributed by atoms with Crippen molar-refractivity contribution >= 4 is 9.52 Å². The van der Waals surface area contributed by atoms with Crippen LogP contribution in [0.15, 0.2) is 47.6 Å². The van der Waals surface area contributed by atoms with Crippen LogP contribution in [0.2, 0.25) is 11.6 Å². The second kappa shape index (κ2) is 4.60. The average molecular weight is 200 g/mol. The molecule has 0 fully saturated rings. The van der Waals surface area contributed by atoms with E-state index in [0.29, 0.717) is 0 Å². The molecule has 1 heteroatoms. The molecule has 0 unspecified atom stereocenters. The fourth-order valence-corrected chi connectivity index (χ4v) is 3.42. The zero-order valence-corrected chi connectivity index (χ0v) is 9.66. The minimum absolute atomic E-state index is 0.741. The predicted octanol–water partition coefficient (Wildman–Crippen LogP) is 3.69. The highest BCUT2D eigenvalue weighted by atomic mass is 28.2. The van der Waals surface area contributed by atoms with E-state index >= 15 is 0 Å². The van der Waals surface area contributed by atoms with E-state index in [-0.39, 0.29) is 0 Å². The van der Waals surface area contributed by atoms with Crippen molar-refractivity contribution in [3.05, 3.63) is 47.6 Å². The third-order valence-electron chi connectivity index (χ3n) is 2.75. The Morgan fingerprint density at radius 2 is 1.71 bits per heavy atom. The van der Waals surface area contributed by atoms with Gasteiger partial charge in [-0.05, 0) is 18.4 Å². The summed E-state index contributed by atoms with van der Waals surface area (Å²) >= 11 is 0. The van der Waals surface area contributed by atoms with Crippen molar-refractivity contribution in [2.75, 3.05) is 0 Å². The lowest BCUT2D eigenvalue weighted by molar-refractivity contribution is 1.00. The van der Waals surface area contributed by atoms with Gasteiger partial charge in [0.25, 0.3) is 0 Å². The molecule has 0 saturated heterocycles. The molecule has 0 aliphatic heterocycles. The van der Waals surface area contributed by atoms with Crippen molar-refractivity contribution in [3.63, 3.8) is 0 Å². The Labute approximate surface area is 88.9 Å². The zero-order chi connectivity index (χ0) is 9.80. The summed E-state index contributed by atoms with van der Waals surface area (Å²) in [6.07, 6.45) is 15.9. The minimum Gasteiger partial charge on any atom is -0.0805 e. The molecule has 0 bridgehead atoms. The maximum atomic E-state index is 2.31. The van der Waals surface area contributed by atoms with Crippen LogP contribution in [0, 0.1) is 0 Å². The van der Waals surface area contributed by atoms with Crippen molar-refractivity contribution < 1.29 is 0 Å². The molecule has 0 amide bonds. The summed E-state index contributed by atoms with van der Waals surface area (Å²) in [4.78, 5) is 0. The molecule has 2 aliphatic carbocycles. The standard InChI is InChI=1S/C13H16Si/c1-2-14-13(11-7-3-4-8-11)12-9-5-6-10-12/h3-7,9,13H,2,8,10H2,1H3. The van der Waals surface area contributed by atoms with Gasteiger partial charge in [0.05, 0.1) is 9.52 Å². The van der Waals surface area contributed by atoms with E-state index in [4.69, 9.17) is 0 Å². The normalized spacial score (nSPS) is 19.3. The second-order valence-electron chi connectivity index (χ2n) is 3.74. The molecule has 0 aromatic heterocycles. The van der Waals surface area contributed by atoms with Crippen molar-refractivity contribution in [2.45, 2.75) is 31.4 Å². The molecular formula is C13H16Si. The molecule has 0 N–H and O–H groups in total. The summed E-state index contributed by atoms with van der Waals surface area (Å²) in [6.45, 7) is 2.29. The Bertz CT molecular complexity index is 288. The first-order valence-electron chi connectivity index (χ1n) is 5.36. The fourth-order valence-electron chi connectivity index (χ4n) is 2.06. The van der Waals surface area contributed by atoms with Gasteiger partial charge in [-0.15, -0.1) is 0 Å². The van der Waals surface area contributed by atoms with Crippen LogP contribution >= 0.6 is 0 Å². The fraction of sp³-hybridized carbons (Fsp3) is 0.385. The molecule has 0 heterocycles. The van der Waals surface area contributed by atoms with Crippen LogP contribution in [-0.4, -0.2) is 9.52 Å². The lowest BCUT2D eigenvalue weighted by Crippen LogP contribution is -2.07. The largest absolute Gasteiger partial charge is 0.0805 e. The van der Waals surface area contributed by atoms with Crippen LogP contribution in [0.1, 0.15) is 19.8 Å². The number of hydrogen-bond acceptors (Lipinski definition) is 0. The maximum absolute atomic E-state index is 2.31. The van der Waals surface area contributed by atoms with Gasteiger partial charge in [0.15, 0.2) is 0 Å². The highest BCUT2D eigenvalue weighted by Crippen LogP contribution is 2.35. The lowest BCUT2D eigenvalue weighted by atomic mass is 10.0. The summed E-state index contributed by atoms with van der Waals surface area (Å²) < 4.78 is 0. The average Bonchev–Trinajstić information content (AvgIpc) is 2.87. The van der Waals surface area contributed by atoms with Crippen LogP contribution in [0.3, 0.4) is 0 Å². The van der Waals surface area contributed by atoms with Gasteiger partial charge in [0.1, 0.15) is 0 Å². The second-order valence-corrected chi connectivity index (χ2v) is 5.43. The van der Waals surface area contributed by atoms with E-state index in [0.717, 1.165) is 15.1 Å². The summed E-state index contributed by atoms with van der Waals surface area (Å²) in [6, 6.07) is 1.30. The molecule has 2 aliphatic rings. The SMILES string of the molecule is CC[Si]C(C1=CC=CC1)C1=CC=CC1. The summed E-state index contributed by atoms with van der Waals surface area (Å²) in [7, 11) is 1.06. The minimum atomic E-state index is 0.741. The van der Waals surface area contributed by atoms with Gasteiger partial charge in [-0.2, -0.15) is 0 Å². The summed E-state index contributed by atoms with van der Waals surface area (Å²) in [5, 5.41) is 0. The third kappa shape index (κ3) is 1.98. The van der Waals surface area contributed by atoms with Gasteiger partial charge in [-0.1, -0.05) is 60.6 Å². The molecule has 14 heavy (non-hydrogen) atoms. The van der Waals surface area contributed by atoms with Crippen LogP contribution in [0.5, 0.6) is 0 Å². The maximum Gasteiger partial charge on any atom is 0.0523 e. The van der Waals surface area contributed by atoms with Gasteiger partial charge in [-0.3, -0.25) is 0 Å². The summed E-state index contributed by atoms with van der Waals surface area (Å²) in [5.74, 6) is 0. The van der Waals surface area contributed by atoms with Gasteiger partial charge in [0, 0.05) is 0 Å². The Balaban J connectivity index is 2.07. The Morgan fingerprint density at radius 3 is 2.07 bits per heavy atom. The molecule has 0 nitrogen and oxygen atoms in total. The van der Waals surface area contributed by atoms with E-state index in [1.54, 1.807) is 11.1 Å². The van der Waals surface area contributed by atoms with Crippen molar-refractivity contribution in [1.82, 2.24) is 0 Å². The van der Waals surface area contributed by atoms with Crippen LogP contribution in [-0.2, 0) is 0 Å². The van der Waals surface area contributed by atoms with E-state index in [2.05, 4.69) is 43.4 Å². The van der Waals surface area contributed by atoms with Crippen molar-refractivity contribution in [1.29, 1.82) is 0 Å². The van der Waals surface area contributed by atoms with Crippen LogP contribution in [0.4, 0.5) is 0 Å². The molecule has 0 atom stereocenters. The predicted molar refractivity (Wildman–Crippen MR) is 63.7 cm³/mol. The van der Waals surface area contributed by atoms with Gasteiger partial charge in [-0.25, -0.2) is 0 Å². The van der Waals surface area contributed by atoms with E-state index in [9.17, 15) is 0 Å². The summed E-state index contributed by atoms with van der Waals surface area (Å²) in [5.41, 5.74) is 3.99. The number of hydrogen-bond donors (Lipinski definition) is 0. The van der Waals surface area contributed by atoms with Crippen molar-refractivity contribution in [3.8, 4) is 0 Å². The van der Waals surface area contributed by atoms with Gasteiger partial charge in [0.2, 0.25) is 0 Å². The zero-order valence-electron chi connectivity index (χ0n) is 8.66. The first-order valence-corrected chi connectivity index (χ1v) is 6.65. The van der Waals surface area contributed by atoms with E-state index < -0.39 is 0 Å². The highest BCUT2D eigenvalue weighted by Gasteiger charge is 2.19.